The first-order valence-electron chi connectivity index (χ1n) is 21.3. The van der Waals surface area contributed by atoms with E-state index in [-0.39, 0.29) is 47.0 Å². The first-order chi connectivity index (χ1) is 31.3. The number of fused-ring (bicyclic) bond motifs is 2. The summed E-state index contributed by atoms with van der Waals surface area (Å²) in [5.41, 5.74) is 1.73. The highest BCUT2D eigenvalue weighted by Crippen LogP contribution is 2.38. The number of hydrogen-bond acceptors (Lipinski definition) is 13. The fourth-order valence-electron chi connectivity index (χ4n) is 8.74. The van der Waals surface area contributed by atoms with Crippen molar-refractivity contribution in [2.75, 3.05) is 67.4 Å². The minimum atomic E-state index is -1.81. The van der Waals surface area contributed by atoms with Crippen molar-refractivity contribution in [2.24, 2.45) is 5.92 Å². The van der Waals surface area contributed by atoms with Gasteiger partial charge in [0, 0.05) is 106 Å². The van der Waals surface area contributed by atoms with Gasteiger partial charge in [-0.15, -0.1) is 4.31 Å². The number of aromatic nitrogens is 3. The third-order valence-electron chi connectivity index (χ3n) is 12.6. The monoisotopic (exact) mass is 906 g/mol. The molecule has 2 atom stereocenters. The highest BCUT2D eigenvalue weighted by Gasteiger charge is 2.47. The number of rotatable bonds is 13. The number of benzene rings is 2. The third-order valence-corrected chi connectivity index (χ3v) is 13.8. The molecular formula is C45H44F2N10O7S. The molecule has 3 fully saturated rings. The van der Waals surface area contributed by atoms with Crippen LogP contribution in [0.15, 0.2) is 67.1 Å². The molecule has 3 N–H and O–H groups in total. The molecule has 9 rings (SSSR count). The predicted octanol–water partition coefficient (Wildman–Crippen LogP) is 4.04. The minimum absolute atomic E-state index is 0.0100. The fraction of sp³-hybridized carbons (Fsp3) is 0.333. The van der Waals surface area contributed by atoms with Crippen LogP contribution in [0.2, 0.25) is 0 Å². The molecule has 0 spiro atoms. The van der Waals surface area contributed by atoms with Crippen molar-refractivity contribution in [3.8, 4) is 11.1 Å². The number of H-pyrrole nitrogens is 1. The molecule has 0 bridgehead atoms. The molecule has 0 radical (unpaired) electrons. The number of carbonyl (C=O) groups is 6. The number of pyridine rings is 2. The number of nitrogens with zero attached hydrogens (tertiary/aromatic N) is 7. The van der Waals surface area contributed by atoms with Crippen molar-refractivity contribution in [1.82, 2.24) is 34.4 Å². The van der Waals surface area contributed by atoms with E-state index in [0.717, 1.165) is 22.9 Å². The number of halogens is 2. The summed E-state index contributed by atoms with van der Waals surface area (Å²) in [5.74, 6) is -4.30. The van der Waals surface area contributed by atoms with Gasteiger partial charge in [-0.2, -0.15) is 4.72 Å². The summed E-state index contributed by atoms with van der Waals surface area (Å²) in [6, 6.07) is 11.5. The number of hydrogen-bond donors (Lipinski definition) is 3. The summed E-state index contributed by atoms with van der Waals surface area (Å²) < 4.78 is 47.0. The lowest BCUT2D eigenvalue weighted by molar-refractivity contribution is -0.136. The highest BCUT2D eigenvalue weighted by molar-refractivity contribution is 7.90. The van der Waals surface area contributed by atoms with Gasteiger partial charge in [-0.1, -0.05) is 6.07 Å². The van der Waals surface area contributed by atoms with Gasteiger partial charge in [0.05, 0.1) is 22.4 Å². The number of ketones is 1. The molecule has 2 unspecified atom stereocenters. The average Bonchev–Trinajstić information content (AvgIpc) is 3.84. The van der Waals surface area contributed by atoms with Gasteiger partial charge in [0.1, 0.15) is 29.0 Å². The number of carbonyl (C=O) groups excluding carboxylic acids is 6. The van der Waals surface area contributed by atoms with Crippen LogP contribution in [-0.2, 0) is 25.9 Å². The summed E-state index contributed by atoms with van der Waals surface area (Å²) in [5, 5.41) is 2.57. The molecule has 4 aliphatic rings. The predicted molar refractivity (Wildman–Crippen MR) is 236 cm³/mol. The molecule has 3 saturated heterocycles. The Bertz CT molecular complexity index is 2760. The summed E-state index contributed by atoms with van der Waals surface area (Å²) in [6.45, 7) is 5.59. The summed E-state index contributed by atoms with van der Waals surface area (Å²) in [6.07, 6.45) is 5.81. The number of amides is 5. The molecule has 3 aromatic heterocycles. The molecule has 2 aromatic carbocycles. The topological polar surface area (TPSA) is 207 Å². The van der Waals surface area contributed by atoms with Crippen LogP contribution in [-0.4, -0.2) is 128 Å². The van der Waals surface area contributed by atoms with Gasteiger partial charge in [0.2, 0.25) is 23.5 Å². The number of aromatic amines is 1. The normalized spacial score (nSPS) is 18.3. The number of anilines is 3. The number of piperidine rings is 1. The number of imide groups is 2. The second kappa shape index (κ2) is 17.7. The van der Waals surface area contributed by atoms with Crippen LogP contribution in [0.25, 0.3) is 22.2 Å². The van der Waals surface area contributed by atoms with Crippen molar-refractivity contribution in [3.63, 3.8) is 0 Å². The maximum atomic E-state index is 15.6. The van der Waals surface area contributed by atoms with Gasteiger partial charge in [-0.3, -0.25) is 39.0 Å². The van der Waals surface area contributed by atoms with Crippen LogP contribution in [0, 0.1) is 17.6 Å². The molecule has 5 aromatic rings. The van der Waals surface area contributed by atoms with E-state index in [1.807, 2.05) is 21.9 Å². The van der Waals surface area contributed by atoms with Gasteiger partial charge in [-0.25, -0.2) is 18.7 Å². The van der Waals surface area contributed by atoms with E-state index in [1.54, 1.807) is 50.6 Å². The van der Waals surface area contributed by atoms with Crippen LogP contribution >= 0.6 is 0 Å². The first kappa shape index (κ1) is 43.5. The Labute approximate surface area is 374 Å². The Morgan fingerprint density at radius 2 is 1.72 bits per heavy atom. The van der Waals surface area contributed by atoms with E-state index in [0.29, 0.717) is 86.5 Å². The molecule has 0 aliphatic carbocycles. The molecule has 7 heterocycles. The largest absolute Gasteiger partial charge is 0.573 e. The van der Waals surface area contributed by atoms with Crippen LogP contribution in [0.3, 0.4) is 0 Å². The Balaban J connectivity index is 0.776. The Morgan fingerprint density at radius 3 is 2.45 bits per heavy atom. The fourth-order valence-corrected chi connectivity index (χ4v) is 9.47. The zero-order valence-corrected chi connectivity index (χ0v) is 36.3. The first-order valence-corrected chi connectivity index (χ1v) is 22.4. The van der Waals surface area contributed by atoms with Crippen molar-refractivity contribution in [1.29, 1.82) is 0 Å². The molecule has 4 aliphatic heterocycles. The molecule has 20 heteroatoms. The van der Waals surface area contributed by atoms with Crippen LogP contribution in [0.1, 0.15) is 69.2 Å². The standard InChI is InChI=1S/C45H44F2N10O7S/c1-3-53(2)65(64)52-32-10-9-31(46)39(40(32)47)41(60)30-22-50-42-29(30)19-27(21-49-42)26-8-12-35(48-20-26)54-15-17-55(18-16-54)37(59)14-7-25-23-56(24-25)33-6-4-5-28-38(33)45(63)57(44(28)62)34-11-13-36(58)51-43(34)61/h4-6,8-10,12,19-22,25,34,52H,3,7,11,13-18,23-24H2,1-2H3,(H,49,50)(H,51,58,61). The van der Waals surface area contributed by atoms with E-state index in [1.165, 1.54) is 10.5 Å². The lowest BCUT2D eigenvalue weighted by atomic mass is 9.92. The van der Waals surface area contributed by atoms with Gasteiger partial charge in [0.15, 0.2) is 17.4 Å². The van der Waals surface area contributed by atoms with E-state index in [2.05, 4.69) is 29.9 Å². The lowest BCUT2D eigenvalue weighted by Crippen LogP contribution is -2.54. The van der Waals surface area contributed by atoms with Gasteiger partial charge < -0.3 is 24.2 Å². The molecular weight excluding hydrogens is 863 g/mol. The van der Waals surface area contributed by atoms with E-state index >= 15 is 8.78 Å². The van der Waals surface area contributed by atoms with Gasteiger partial charge in [-0.05, 0) is 68.1 Å². The van der Waals surface area contributed by atoms with Gasteiger partial charge >= 0.3 is 0 Å². The van der Waals surface area contributed by atoms with Gasteiger partial charge in [0.25, 0.3) is 11.8 Å². The van der Waals surface area contributed by atoms with Crippen molar-refractivity contribution in [2.45, 2.75) is 38.6 Å². The quantitative estimate of drug-likeness (QED) is 0.0868. The van der Waals surface area contributed by atoms with Crippen molar-refractivity contribution >= 4 is 75.1 Å². The zero-order chi connectivity index (χ0) is 45.7. The second-order valence-electron chi connectivity index (χ2n) is 16.5. The third kappa shape index (κ3) is 8.16. The summed E-state index contributed by atoms with van der Waals surface area (Å²) in [7, 11) is 1.57. The Hall–Kier alpha value is -6.77. The van der Waals surface area contributed by atoms with E-state index < -0.39 is 64.2 Å². The minimum Gasteiger partial charge on any atom is -0.573 e. The maximum Gasteiger partial charge on any atom is 0.264 e. The Kier molecular flexibility index (Phi) is 11.8. The molecule has 0 saturated carbocycles. The summed E-state index contributed by atoms with van der Waals surface area (Å²) in [4.78, 5) is 96.9. The van der Waals surface area contributed by atoms with Crippen LogP contribution < -0.4 is 19.8 Å². The Morgan fingerprint density at radius 1 is 0.954 bits per heavy atom. The average molecular weight is 907 g/mol. The smallest absolute Gasteiger partial charge is 0.264 e. The number of piperazine rings is 1. The van der Waals surface area contributed by atoms with E-state index in [4.69, 9.17) is 0 Å². The van der Waals surface area contributed by atoms with Crippen LogP contribution in [0.4, 0.5) is 26.0 Å². The number of nitrogens with one attached hydrogen (secondary N) is 3. The SMILES string of the molecule is CCN(C)[S+]([O-])Nc1ccc(F)c(C(=O)c2c[nH]c3ncc(-c4ccc(N5CCN(C(=O)CCC6CN(c7cccc8c7C(=O)N(C7CCC(=O)NC7=O)C8=O)C6)CC5)nc4)cc23)c1F. The van der Waals surface area contributed by atoms with E-state index in [9.17, 15) is 33.3 Å². The maximum absolute atomic E-state index is 15.6. The summed E-state index contributed by atoms with van der Waals surface area (Å²) >= 11 is -1.81. The molecule has 17 nitrogen and oxygen atoms in total. The second-order valence-corrected chi connectivity index (χ2v) is 17.8. The highest BCUT2D eigenvalue weighted by atomic mass is 32.2. The molecule has 5 amide bonds. The van der Waals surface area contributed by atoms with Crippen molar-refractivity contribution < 1.29 is 42.1 Å². The molecule has 336 valence electrons. The lowest BCUT2D eigenvalue weighted by Gasteiger charge is -2.42. The van der Waals surface area contributed by atoms with Crippen LogP contribution in [0.5, 0.6) is 0 Å². The molecule has 65 heavy (non-hydrogen) atoms. The van der Waals surface area contributed by atoms with Crippen molar-refractivity contribution in [3.05, 3.63) is 101 Å². The zero-order valence-electron chi connectivity index (χ0n) is 35.4.